The number of nitrogens with one attached hydrogen (secondary N) is 1. The topological polar surface area (TPSA) is 113 Å². The Labute approximate surface area is 156 Å². The molecule has 0 spiro atoms. The summed E-state index contributed by atoms with van der Waals surface area (Å²) in [6, 6.07) is 12.3. The smallest absolute Gasteiger partial charge is 0.335 e. The van der Waals surface area contributed by atoms with E-state index in [1.807, 2.05) is 6.07 Å². The van der Waals surface area contributed by atoms with Crippen molar-refractivity contribution in [3.63, 3.8) is 0 Å². The molecule has 0 bridgehead atoms. The second-order valence-corrected chi connectivity index (χ2v) is 6.34. The van der Waals surface area contributed by atoms with Crippen molar-refractivity contribution in [1.29, 1.82) is 0 Å². The summed E-state index contributed by atoms with van der Waals surface area (Å²) in [5.74, 6) is -0.474. The fraction of sp³-hybridized carbons (Fsp3) is 0.0556. The van der Waals surface area contributed by atoms with Crippen LogP contribution in [0, 0.1) is 6.92 Å². The van der Waals surface area contributed by atoms with Crippen LogP contribution in [-0.2, 0) is 0 Å². The van der Waals surface area contributed by atoms with Crippen molar-refractivity contribution in [3.8, 4) is 11.6 Å². The maximum atomic E-state index is 12.2. The highest BCUT2D eigenvalue weighted by Crippen LogP contribution is 2.21. The summed E-state index contributed by atoms with van der Waals surface area (Å²) in [7, 11) is 0. The lowest BCUT2D eigenvalue weighted by atomic mass is 10.2. The fourth-order valence-electron chi connectivity index (χ4n) is 2.68. The molecule has 27 heavy (non-hydrogen) atoms. The van der Waals surface area contributed by atoms with Crippen LogP contribution in [0.15, 0.2) is 57.0 Å². The van der Waals surface area contributed by atoms with Gasteiger partial charge >= 0.3 is 5.69 Å². The molecule has 0 saturated heterocycles. The van der Waals surface area contributed by atoms with E-state index in [0.717, 1.165) is 27.4 Å². The van der Waals surface area contributed by atoms with Crippen molar-refractivity contribution in [3.05, 3.63) is 74.4 Å². The summed E-state index contributed by atoms with van der Waals surface area (Å²) < 4.78 is 9.30. The van der Waals surface area contributed by atoms with Crippen molar-refractivity contribution in [1.82, 2.24) is 18.3 Å². The number of aryl methyl sites for hydroxylation is 1. The summed E-state index contributed by atoms with van der Waals surface area (Å²) in [4.78, 5) is 30.9. The minimum absolute atomic E-state index is 0.116. The minimum atomic E-state index is -0.723. The maximum Gasteiger partial charge on any atom is 0.335 e. The van der Waals surface area contributed by atoms with E-state index in [9.17, 15) is 14.7 Å². The van der Waals surface area contributed by atoms with E-state index >= 15 is 0 Å². The highest BCUT2D eigenvalue weighted by molar-refractivity contribution is 7.00. The van der Waals surface area contributed by atoms with Crippen LogP contribution in [-0.4, -0.2) is 29.6 Å². The number of hydrogen-bond acceptors (Lipinski definition) is 7. The Bertz CT molecular complexity index is 1300. The molecule has 134 valence electrons. The van der Waals surface area contributed by atoms with E-state index in [1.54, 1.807) is 43.3 Å². The average molecular weight is 379 g/mol. The molecule has 9 heteroatoms. The van der Waals surface area contributed by atoms with Gasteiger partial charge in [0.1, 0.15) is 16.6 Å². The van der Waals surface area contributed by atoms with E-state index in [-0.39, 0.29) is 5.56 Å². The zero-order valence-electron chi connectivity index (χ0n) is 14.1. The Morgan fingerprint density at radius 3 is 2.74 bits per heavy atom. The highest BCUT2D eigenvalue weighted by atomic mass is 32.1. The van der Waals surface area contributed by atoms with Crippen molar-refractivity contribution >= 4 is 34.7 Å². The number of nitrogens with zero attached hydrogens (tertiary/aromatic N) is 4. The molecular formula is C18H13N5O3S. The van der Waals surface area contributed by atoms with E-state index in [2.05, 4.69) is 18.7 Å². The van der Waals surface area contributed by atoms with Crippen molar-refractivity contribution in [2.24, 2.45) is 4.99 Å². The van der Waals surface area contributed by atoms with Gasteiger partial charge in [0, 0.05) is 6.21 Å². The van der Waals surface area contributed by atoms with Gasteiger partial charge in [-0.15, -0.1) is 0 Å². The van der Waals surface area contributed by atoms with Gasteiger partial charge in [0.15, 0.2) is 0 Å². The first kappa shape index (κ1) is 16.9. The predicted molar refractivity (Wildman–Crippen MR) is 104 cm³/mol. The van der Waals surface area contributed by atoms with E-state index in [4.69, 9.17) is 0 Å². The molecule has 4 aromatic rings. The molecule has 2 N–H and O–H groups in total. The molecule has 0 atom stereocenters. The molecule has 0 unspecified atom stereocenters. The SMILES string of the molecule is Cc1ccccc1-n1c(O)c(C=Nc2ccc3nsnc3c2)c(=O)[nH]c1=O. The number of hydrogen-bond donors (Lipinski definition) is 2. The van der Waals surface area contributed by atoms with Gasteiger partial charge in [-0.25, -0.2) is 9.36 Å². The summed E-state index contributed by atoms with van der Waals surface area (Å²) in [5.41, 5.74) is 1.68. The van der Waals surface area contributed by atoms with Crippen LogP contribution >= 0.6 is 11.7 Å². The molecule has 8 nitrogen and oxygen atoms in total. The zero-order valence-corrected chi connectivity index (χ0v) is 14.9. The van der Waals surface area contributed by atoms with E-state index in [0.29, 0.717) is 16.9 Å². The number of H-pyrrole nitrogens is 1. The number of benzene rings is 2. The van der Waals surface area contributed by atoms with Gasteiger partial charge in [0.25, 0.3) is 5.56 Å². The van der Waals surface area contributed by atoms with Gasteiger partial charge in [-0.05, 0) is 36.8 Å². The Morgan fingerprint density at radius 2 is 1.93 bits per heavy atom. The van der Waals surface area contributed by atoms with Crippen LogP contribution < -0.4 is 11.2 Å². The zero-order chi connectivity index (χ0) is 19.0. The lowest BCUT2D eigenvalue weighted by Gasteiger charge is -2.11. The molecule has 0 fully saturated rings. The molecule has 2 aromatic heterocycles. The van der Waals surface area contributed by atoms with Gasteiger partial charge in [0.05, 0.1) is 23.1 Å². The number of aromatic nitrogens is 4. The molecule has 4 rings (SSSR count). The number of aliphatic imine (C=N–C) groups is 1. The van der Waals surface area contributed by atoms with Gasteiger partial charge in [-0.2, -0.15) is 8.75 Å². The number of aromatic amines is 1. The molecule has 0 saturated carbocycles. The lowest BCUT2D eigenvalue weighted by molar-refractivity contribution is 0.430. The number of rotatable bonds is 3. The second kappa shape index (κ2) is 6.61. The molecular weight excluding hydrogens is 366 g/mol. The van der Waals surface area contributed by atoms with E-state index in [1.165, 1.54) is 6.21 Å². The van der Waals surface area contributed by atoms with Crippen LogP contribution in [0.25, 0.3) is 16.7 Å². The number of para-hydroxylation sites is 1. The molecule has 0 radical (unpaired) electrons. The maximum absolute atomic E-state index is 12.2. The highest BCUT2D eigenvalue weighted by Gasteiger charge is 2.15. The fourth-order valence-corrected chi connectivity index (χ4v) is 3.20. The first-order valence-electron chi connectivity index (χ1n) is 7.95. The van der Waals surface area contributed by atoms with Gasteiger partial charge < -0.3 is 5.11 Å². The van der Waals surface area contributed by atoms with Crippen LogP contribution in [0.5, 0.6) is 5.88 Å². The average Bonchev–Trinajstić information content (AvgIpc) is 3.10. The summed E-state index contributed by atoms with van der Waals surface area (Å²) in [5, 5.41) is 10.6. The Hall–Kier alpha value is -3.59. The van der Waals surface area contributed by atoms with Gasteiger partial charge in [-0.3, -0.25) is 14.8 Å². The summed E-state index contributed by atoms with van der Waals surface area (Å²) in [6.45, 7) is 1.80. The third-order valence-corrected chi connectivity index (χ3v) is 4.61. The van der Waals surface area contributed by atoms with Crippen molar-refractivity contribution < 1.29 is 5.11 Å². The van der Waals surface area contributed by atoms with Crippen LogP contribution in [0.1, 0.15) is 11.1 Å². The van der Waals surface area contributed by atoms with Crippen molar-refractivity contribution in [2.75, 3.05) is 0 Å². The summed E-state index contributed by atoms with van der Waals surface area (Å²) in [6.07, 6.45) is 1.23. The minimum Gasteiger partial charge on any atom is -0.493 e. The third kappa shape index (κ3) is 3.04. The van der Waals surface area contributed by atoms with Crippen LogP contribution in [0.4, 0.5) is 5.69 Å². The second-order valence-electron chi connectivity index (χ2n) is 5.81. The van der Waals surface area contributed by atoms with Gasteiger partial charge in [-0.1, -0.05) is 18.2 Å². The van der Waals surface area contributed by atoms with Gasteiger partial charge in [0.2, 0.25) is 5.88 Å². The summed E-state index contributed by atoms with van der Waals surface area (Å²) >= 11 is 1.10. The first-order chi connectivity index (χ1) is 13.0. The molecule has 2 aromatic carbocycles. The monoisotopic (exact) mass is 379 g/mol. The number of aromatic hydroxyl groups is 1. The standard InChI is InChI=1S/C18H13N5O3S/c1-10-4-2-3-5-15(10)23-17(25)12(16(24)20-18(23)26)9-19-11-6-7-13-14(8-11)22-27-21-13/h2-9,25H,1H3,(H,20,24,26). The Balaban J connectivity index is 1.83. The normalized spacial score (nSPS) is 11.4. The van der Waals surface area contributed by atoms with Crippen LogP contribution in [0.2, 0.25) is 0 Å². The van der Waals surface area contributed by atoms with E-state index < -0.39 is 17.1 Å². The molecule has 0 aliphatic rings. The Morgan fingerprint density at radius 1 is 1.15 bits per heavy atom. The molecule has 0 amide bonds. The quantitative estimate of drug-likeness (QED) is 0.530. The molecule has 0 aliphatic heterocycles. The Kier molecular flexibility index (Phi) is 4.13. The first-order valence-corrected chi connectivity index (χ1v) is 8.68. The molecule has 2 heterocycles. The lowest BCUT2D eigenvalue weighted by Crippen LogP contribution is -2.31. The number of fused-ring (bicyclic) bond motifs is 1. The predicted octanol–water partition coefficient (Wildman–Crippen LogP) is 2.30. The third-order valence-electron chi connectivity index (χ3n) is 4.06. The van der Waals surface area contributed by atoms with Crippen LogP contribution in [0.3, 0.4) is 0 Å². The largest absolute Gasteiger partial charge is 0.493 e. The van der Waals surface area contributed by atoms with Crippen molar-refractivity contribution in [2.45, 2.75) is 6.92 Å². The molecule has 0 aliphatic carbocycles.